The van der Waals surface area contributed by atoms with Crippen LogP contribution in [0.3, 0.4) is 0 Å². The molecule has 0 fully saturated rings. The Balaban J connectivity index is 2.67. The number of rotatable bonds is 1. The van der Waals surface area contributed by atoms with Crippen molar-refractivity contribution in [1.29, 1.82) is 0 Å². The summed E-state index contributed by atoms with van der Waals surface area (Å²) < 4.78 is 1.47. The van der Waals surface area contributed by atoms with Crippen LogP contribution >= 0.6 is 0 Å². The molecule has 0 aliphatic carbocycles. The number of hydrogen-bond donors (Lipinski definition) is 1. The number of aromatic amines is 1. The van der Waals surface area contributed by atoms with Crippen LogP contribution in [0.1, 0.15) is 5.56 Å². The van der Waals surface area contributed by atoms with Gasteiger partial charge >= 0.3 is 0 Å². The summed E-state index contributed by atoms with van der Waals surface area (Å²) in [5, 5.41) is 2.87. The van der Waals surface area contributed by atoms with Gasteiger partial charge in [-0.2, -0.15) is 0 Å². The molecule has 0 unspecified atom stereocenters. The molecule has 1 N–H and O–H groups in total. The number of aromatic nitrogens is 2. The number of nitrogens with zero attached hydrogens (tertiary/aromatic N) is 1. The molecule has 1 aromatic heterocycles. The zero-order valence-electron chi connectivity index (χ0n) is 8.24. The van der Waals surface area contributed by atoms with Crippen molar-refractivity contribution < 1.29 is 0 Å². The van der Waals surface area contributed by atoms with Crippen LogP contribution in [0.5, 0.6) is 0 Å². The van der Waals surface area contributed by atoms with Gasteiger partial charge in [-0.15, -0.1) is 0 Å². The lowest BCUT2D eigenvalue weighted by Crippen LogP contribution is -2.13. The van der Waals surface area contributed by atoms with Gasteiger partial charge in [-0.05, 0) is 18.1 Å². The highest BCUT2D eigenvalue weighted by atomic mass is 16.1. The van der Waals surface area contributed by atoms with E-state index in [0.29, 0.717) is 0 Å². The van der Waals surface area contributed by atoms with Crippen LogP contribution in [-0.4, -0.2) is 9.78 Å². The summed E-state index contributed by atoms with van der Waals surface area (Å²) in [6.07, 6.45) is 1.74. The fourth-order valence-corrected chi connectivity index (χ4v) is 1.53. The Morgan fingerprint density at radius 3 is 2.50 bits per heavy atom. The number of aryl methyl sites for hydroxylation is 2. The maximum atomic E-state index is 11.7. The van der Waals surface area contributed by atoms with Crippen molar-refractivity contribution in [3.05, 3.63) is 46.4 Å². The van der Waals surface area contributed by atoms with E-state index in [0.717, 1.165) is 16.7 Å². The molecule has 0 atom stereocenters. The molecule has 1 heterocycles. The van der Waals surface area contributed by atoms with Crippen LogP contribution in [0.2, 0.25) is 0 Å². The molecular weight excluding hydrogens is 176 g/mol. The summed E-state index contributed by atoms with van der Waals surface area (Å²) >= 11 is 0. The largest absolute Gasteiger partial charge is 0.303 e. The van der Waals surface area contributed by atoms with Crippen molar-refractivity contribution in [1.82, 2.24) is 9.78 Å². The molecule has 0 spiro atoms. The molecule has 0 saturated heterocycles. The van der Waals surface area contributed by atoms with Gasteiger partial charge in [-0.1, -0.05) is 24.3 Å². The predicted molar refractivity (Wildman–Crippen MR) is 56.2 cm³/mol. The molecular formula is C11H12N2O. The highest BCUT2D eigenvalue weighted by Crippen LogP contribution is 2.18. The number of nitrogens with one attached hydrogen (secondary N) is 1. The molecule has 3 nitrogen and oxygen atoms in total. The van der Waals surface area contributed by atoms with Crippen LogP contribution in [-0.2, 0) is 7.05 Å². The van der Waals surface area contributed by atoms with Gasteiger partial charge in [-0.3, -0.25) is 9.48 Å². The van der Waals surface area contributed by atoms with E-state index in [1.165, 1.54) is 4.68 Å². The Kier molecular flexibility index (Phi) is 2.00. The van der Waals surface area contributed by atoms with Crippen molar-refractivity contribution in [2.75, 3.05) is 0 Å². The predicted octanol–water partition coefficient (Wildman–Crippen LogP) is 1.69. The molecule has 2 aromatic rings. The third-order valence-corrected chi connectivity index (χ3v) is 2.37. The van der Waals surface area contributed by atoms with Crippen LogP contribution in [0, 0.1) is 6.92 Å². The van der Waals surface area contributed by atoms with E-state index in [1.54, 1.807) is 13.2 Å². The van der Waals surface area contributed by atoms with Gasteiger partial charge in [0.1, 0.15) is 0 Å². The van der Waals surface area contributed by atoms with E-state index >= 15 is 0 Å². The monoisotopic (exact) mass is 188 g/mol. The lowest BCUT2D eigenvalue weighted by Gasteiger charge is -1.99. The molecule has 14 heavy (non-hydrogen) atoms. The molecule has 0 radical (unpaired) electrons. The van der Waals surface area contributed by atoms with Crippen LogP contribution in [0.4, 0.5) is 0 Å². The van der Waals surface area contributed by atoms with Crippen LogP contribution < -0.4 is 5.56 Å². The average molecular weight is 188 g/mol. The average Bonchev–Trinajstić information content (AvgIpc) is 2.49. The minimum Gasteiger partial charge on any atom is -0.303 e. The zero-order valence-corrected chi connectivity index (χ0v) is 8.24. The van der Waals surface area contributed by atoms with E-state index in [1.807, 2.05) is 31.2 Å². The van der Waals surface area contributed by atoms with Gasteiger partial charge in [0, 0.05) is 13.2 Å². The van der Waals surface area contributed by atoms with Crippen molar-refractivity contribution in [2.45, 2.75) is 6.92 Å². The molecule has 0 saturated carbocycles. The van der Waals surface area contributed by atoms with E-state index in [9.17, 15) is 4.79 Å². The number of H-pyrrole nitrogens is 1. The second-order valence-corrected chi connectivity index (χ2v) is 3.37. The van der Waals surface area contributed by atoms with Gasteiger partial charge in [-0.25, -0.2) is 0 Å². The van der Waals surface area contributed by atoms with Gasteiger partial charge in [0.25, 0.3) is 5.56 Å². The highest BCUT2D eigenvalue weighted by Gasteiger charge is 2.07. The smallest absolute Gasteiger partial charge is 0.274 e. The minimum atomic E-state index is 0.0132. The molecule has 0 aliphatic heterocycles. The normalized spacial score (nSPS) is 10.4. The van der Waals surface area contributed by atoms with E-state index in [4.69, 9.17) is 0 Å². The number of hydrogen-bond acceptors (Lipinski definition) is 1. The van der Waals surface area contributed by atoms with Crippen molar-refractivity contribution >= 4 is 0 Å². The lowest BCUT2D eigenvalue weighted by atomic mass is 10.0. The Morgan fingerprint density at radius 2 is 1.93 bits per heavy atom. The van der Waals surface area contributed by atoms with Crippen molar-refractivity contribution in [3.8, 4) is 11.1 Å². The molecule has 3 heteroatoms. The second kappa shape index (κ2) is 3.18. The highest BCUT2D eigenvalue weighted by molar-refractivity contribution is 5.65. The summed E-state index contributed by atoms with van der Waals surface area (Å²) in [5.41, 5.74) is 2.85. The molecule has 0 bridgehead atoms. The lowest BCUT2D eigenvalue weighted by molar-refractivity contribution is 0.740. The maximum Gasteiger partial charge on any atom is 0.274 e. The topological polar surface area (TPSA) is 37.8 Å². The van der Waals surface area contributed by atoms with E-state index < -0.39 is 0 Å². The molecule has 0 amide bonds. The van der Waals surface area contributed by atoms with Gasteiger partial charge in [0.2, 0.25) is 0 Å². The molecule has 0 aliphatic rings. The summed E-state index contributed by atoms with van der Waals surface area (Å²) in [5.74, 6) is 0. The molecule has 1 aromatic carbocycles. The first kappa shape index (κ1) is 8.81. The summed E-state index contributed by atoms with van der Waals surface area (Å²) in [6.45, 7) is 2.00. The quantitative estimate of drug-likeness (QED) is 0.726. The van der Waals surface area contributed by atoms with E-state index in [-0.39, 0.29) is 5.56 Å². The summed E-state index contributed by atoms with van der Waals surface area (Å²) in [4.78, 5) is 11.7. The SMILES string of the molecule is Cc1ccccc1-c1c[nH]n(C)c1=O. The van der Waals surface area contributed by atoms with Crippen molar-refractivity contribution in [3.63, 3.8) is 0 Å². The first-order chi connectivity index (χ1) is 6.70. The van der Waals surface area contributed by atoms with Gasteiger partial charge < -0.3 is 5.10 Å². The standard InChI is InChI=1S/C11H12N2O/c1-8-5-3-4-6-9(8)10-7-12-13(2)11(10)14/h3-7,12H,1-2H3. The first-order valence-electron chi connectivity index (χ1n) is 4.50. The fourth-order valence-electron chi connectivity index (χ4n) is 1.53. The van der Waals surface area contributed by atoms with Crippen LogP contribution in [0.15, 0.2) is 35.3 Å². The van der Waals surface area contributed by atoms with Gasteiger partial charge in [0.05, 0.1) is 5.56 Å². The Labute approximate surface area is 82.0 Å². The first-order valence-corrected chi connectivity index (χ1v) is 4.50. The van der Waals surface area contributed by atoms with E-state index in [2.05, 4.69) is 5.10 Å². The third-order valence-electron chi connectivity index (χ3n) is 2.37. The minimum absolute atomic E-state index is 0.0132. The molecule has 72 valence electrons. The summed E-state index contributed by atoms with van der Waals surface area (Å²) in [7, 11) is 1.71. The second-order valence-electron chi connectivity index (χ2n) is 3.37. The van der Waals surface area contributed by atoms with Crippen molar-refractivity contribution in [2.24, 2.45) is 7.05 Å². The number of benzene rings is 1. The Hall–Kier alpha value is -1.77. The Bertz CT molecular complexity index is 508. The summed E-state index contributed by atoms with van der Waals surface area (Å²) in [6, 6.07) is 7.87. The zero-order chi connectivity index (χ0) is 10.1. The maximum absolute atomic E-state index is 11.7. The Morgan fingerprint density at radius 1 is 1.21 bits per heavy atom. The van der Waals surface area contributed by atoms with Crippen LogP contribution in [0.25, 0.3) is 11.1 Å². The van der Waals surface area contributed by atoms with Gasteiger partial charge in [0.15, 0.2) is 0 Å². The fraction of sp³-hybridized carbons (Fsp3) is 0.182. The third kappa shape index (κ3) is 1.27. The molecule has 2 rings (SSSR count).